The van der Waals surface area contributed by atoms with Gasteiger partial charge in [0.25, 0.3) is 0 Å². The number of esters is 1. The average Bonchev–Trinajstić information content (AvgIpc) is 2.88. The van der Waals surface area contributed by atoms with Crippen molar-refractivity contribution in [2.75, 3.05) is 58.5 Å². The minimum Gasteiger partial charge on any atom is -0.465 e. The number of likely N-dealkylation sites (N-methyl/N-ethyl adjacent to an activating group) is 1. The van der Waals surface area contributed by atoms with Crippen LogP contribution in [0.4, 0.5) is 10.5 Å². The summed E-state index contributed by atoms with van der Waals surface area (Å²) in [6.07, 6.45) is 3.26. The molecule has 2 aromatic carbocycles. The topological polar surface area (TPSA) is 62.3 Å². The first-order valence-corrected chi connectivity index (χ1v) is 11.3. The maximum atomic E-state index is 13.6. The van der Waals surface area contributed by atoms with Gasteiger partial charge in [0.2, 0.25) is 0 Å². The fourth-order valence-corrected chi connectivity index (χ4v) is 4.15. The van der Waals surface area contributed by atoms with E-state index < -0.39 is 0 Å². The number of carbonyl (C=O) groups excluding carboxylic acids is 2. The molecule has 0 spiro atoms. The lowest BCUT2D eigenvalue weighted by atomic mass is 9.99. The third kappa shape index (κ3) is 5.61. The second kappa shape index (κ2) is 10.6. The largest absolute Gasteiger partial charge is 0.465 e. The van der Waals surface area contributed by atoms with Gasteiger partial charge >= 0.3 is 12.0 Å². The van der Waals surface area contributed by atoms with Gasteiger partial charge < -0.3 is 19.3 Å². The molecular formula is C26H31N3O4. The molecule has 1 fully saturated rings. The van der Waals surface area contributed by atoms with Gasteiger partial charge in [0, 0.05) is 31.9 Å². The Balaban J connectivity index is 1.62. The quantitative estimate of drug-likeness (QED) is 0.652. The average molecular weight is 450 g/mol. The highest BCUT2D eigenvalue weighted by molar-refractivity contribution is 5.93. The predicted octanol–water partition coefficient (Wildman–Crippen LogP) is 3.65. The van der Waals surface area contributed by atoms with Gasteiger partial charge in [-0.2, -0.15) is 0 Å². The van der Waals surface area contributed by atoms with Gasteiger partial charge in [-0.1, -0.05) is 30.3 Å². The monoisotopic (exact) mass is 449 g/mol. The molecule has 4 rings (SSSR count). The lowest BCUT2D eigenvalue weighted by Crippen LogP contribution is -2.48. The van der Waals surface area contributed by atoms with Crippen LogP contribution in [-0.4, -0.2) is 75.4 Å². The van der Waals surface area contributed by atoms with Gasteiger partial charge in [-0.05, 0) is 54.4 Å². The van der Waals surface area contributed by atoms with Crippen molar-refractivity contribution in [2.24, 2.45) is 0 Å². The van der Waals surface area contributed by atoms with Crippen molar-refractivity contribution in [1.29, 1.82) is 0 Å². The number of carbonyl (C=O) groups is 2. The smallest absolute Gasteiger partial charge is 0.337 e. The summed E-state index contributed by atoms with van der Waals surface area (Å²) in [7, 11) is 3.49. The maximum Gasteiger partial charge on any atom is 0.337 e. The number of urea groups is 1. The Kier molecular flexibility index (Phi) is 7.42. The van der Waals surface area contributed by atoms with Crippen LogP contribution in [0.1, 0.15) is 27.9 Å². The molecule has 2 aliphatic heterocycles. The van der Waals surface area contributed by atoms with E-state index in [0.29, 0.717) is 38.4 Å². The summed E-state index contributed by atoms with van der Waals surface area (Å²) in [4.78, 5) is 31.3. The third-order valence-corrected chi connectivity index (χ3v) is 6.17. The summed E-state index contributed by atoms with van der Waals surface area (Å²) >= 11 is 0. The van der Waals surface area contributed by atoms with Gasteiger partial charge in [0.1, 0.15) is 0 Å². The summed E-state index contributed by atoms with van der Waals surface area (Å²) < 4.78 is 10.2. The number of rotatable bonds is 5. The van der Waals surface area contributed by atoms with Crippen LogP contribution in [0.5, 0.6) is 0 Å². The van der Waals surface area contributed by atoms with Gasteiger partial charge in [-0.3, -0.25) is 4.90 Å². The minimum absolute atomic E-state index is 0.0372. The Hall–Kier alpha value is -3.16. The fourth-order valence-electron chi connectivity index (χ4n) is 4.15. The highest BCUT2D eigenvalue weighted by atomic mass is 16.5. The van der Waals surface area contributed by atoms with Crippen molar-refractivity contribution in [3.05, 3.63) is 71.3 Å². The van der Waals surface area contributed by atoms with Crippen molar-refractivity contribution in [3.63, 3.8) is 0 Å². The van der Waals surface area contributed by atoms with Crippen LogP contribution in [0.25, 0.3) is 5.57 Å². The van der Waals surface area contributed by atoms with Gasteiger partial charge in [0.15, 0.2) is 0 Å². The molecule has 0 N–H and O–H groups in total. The maximum absolute atomic E-state index is 13.6. The highest BCUT2D eigenvalue weighted by Gasteiger charge is 2.25. The van der Waals surface area contributed by atoms with E-state index >= 15 is 0 Å². The molecule has 0 unspecified atom stereocenters. The fraction of sp³-hybridized carbons (Fsp3) is 0.385. The molecular weight excluding hydrogens is 418 g/mol. The van der Waals surface area contributed by atoms with Crippen LogP contribution in [0.3, 0.4) is 0 Å². The SMILES string of the molecule is COC(=O)c1ccc(CN(C(=O)N2CCOCC2)c2cccc(C3=CCN(C)CC3)c2)cc1. The molecule has 0 radical (unpaired) electrons. The number of benzene rings is 2. The number of nitrogens with zero attached hydrogens (tertiary/aromatic N) is 3. The van der Waals surface area contributed by atoms with Crippen molar-refractivity contribution in [3.8, 4) is 0 Å². The Morgan fingerprint density at radius 1 is 1.06 bits per heavy atom. The molecule has 0 aromatic heterocycles. The number of ether oxygens (including phenoxy) is 2. The molecule has 2 aromatic rings. The number of hydrogen-bond donors (Lipinski definition) is 0. The van der Waals surface area contributed by atoms with Crippen molar-refractivity contribution >= 4 is 23.3 Å². The zero-order valence-electron chi connectivity index (χ0n) is 19.3. The number of anilines is 1. The third-order valence-electron chi connectivity index (χ3n) is 6.17. The number of hydrogen-bond acceptors (Lipinski definition) is 5. The highest BCUT2D eigenvalue weighted by Crippen LogP contribution is 2.28. The van der Waals surface area contributed by atoms with Crippen LogP contribution < -0.4 is 4.90 Å². The molecule has 0 aliphatic carbocycles. The van der Waals surface area contributed by atoms with E-state index in [0.717, 1.165) is 36.3 Å². The molecule has 174 valence electrons. The van der Waals surface area contributed by atoms with Crippen molar-refractivity contribution in [1.82, 2.24) is 9.80 Å². The number of morpholine rings is 1. The first-order chi connectivity index (χ1) is 16.0. The first kappa shape index (κ1) is 23.0. The molecule has 7 nitrogen and oxygen atoms in total. The van der Waals surface area contributed by atoms with Gasteiger partial charge in [-0.15, -0.1) is 0 Å². The number of methoxy groups -OCH3 is 1. The lowest BCUT2D eigenvalue weighted by molar-refractivity contribution is 0.0548. The van der Waals surface area contributed by atoms with E-state index in [2.05, 4.69) is 30.2 Å². The minimum atomic E-state index is -0.373. The molecule has 0 atom stereocenters. The van der Waals surface area contributed by atoms with E-state index in [4.69, 9.17) is 9.47 Å². The zero-order valence-corrected chi connectivity index (χ0v) is 19.3. The van der Waals surface area contributed by atoms with Crippen LogP contribution in [0.2, 0.25) is 0 Å². The summed E-state index contributed by atoms with van der Waals surface area (Å²) in [5, 5.41) is 0. The van der Waals surface area contributed by atoms with Crippen LogP contribution in [0.15, 0.2) is 54.6 Å². The van der Waals surface area contributed by atoms with E-state index in [9.17, 15) is 9.59 Å². The van der Waals surface area contributed by atoms with Crippen molar-refractivity contribution < 1.29 is 19.1 Å². The predicted molar refractivity (Wildman–Crippen MR) is 128 cm³/mol. The standard InChI is InChI=1S/C26H31N3O4/c1-27-12-10-21(11-13-27)23-4-3-5-24(18-23)29(26(31)28-14-16-33-17-15-28)19-20-6-8-22(9-7-20)25(30)32-2/h3-10,18H,11-17,19H2,1-2H3. The second-order valence-electron chi connectivity index (χ2n) is 8.45. The van der Waals surface area contributed by atoms with Crippen LogP contribution in [-0.2, 0) is 16.0 Å². The van der Waals surface area contributed by atoms with Crippen LogP contribution >= 0.6 is 0 Å². The summed E-state index contributed by atoms with van der Waals surface area (Å²) in [5.41, 5.74) is 4.76. The summed E-state index contributed by atoms with van der Waals surface area (Å²) in [6.45, 7) is 4.62. The molecule has 33 heavy (non-hydrogen) atoms. The van der Waals surface area contributed by atoms with E-state index in [1.165, 1.54) is 12.7 Å². The van der Waals surface area contributed by atoms with Crippen molar-refractivity contribution in [2.45, 2.75) is 13.0 Å². The first-order valence-electron chi connectivity index (χ1n) is 11.3. The Labute approximate surface area is 195 Å². The van der Waals surface area contributed by atoms with E-state index in [-0.39, 0.29) is 12.0 Å². The molecule has 1 saturated heterocycles. The molecule has 0 bridgehead atoms. The van der Waals surface area contributed by atoms with Gasteiger partial charge in [-0.25, -0.2) is 9.59 Å². The molecule has 2 heterocycles. The Bertz CT molecular complexity index is 1010. The zero-order chi connectivity index (χ0) is 23.2. The summed E-state index contributed by atoms with van der Waals surface area (Å²) in [5.74, 6) is -0.373. The van der Waals surface area contributed by atoms with E-state index in [1.54, 1.807) is 12.1 Å². The molecule has 2 aliphatic rings. The molecule has 2 amide bonds. The Morgan fingerprint density at radius 2 is 1.82 bits per heavy atom. The lowest BCUT2D eigenvalue weighted by Gasteiger charge is -2.33. The normalized spacial score (nSPS) is 16.8. The molecule has 7 heteroatoms. The number of amides is 2. The molecule has 0 saturated carbocycles. The van der Waals surface area contributed by atoms with E-state index in [1.807, 2.05) is 34.1 Å². The van der Waals surface area contributed by atoms with Crippen LogP contribution in [0, 0.1) is 0 Å². The Morgan fingerprint density at radius 3 is 2.48 bits per heavy atom. The second-order valence-corrected chi connectivity index (χ2v) is 8.45. The van der Waals surface area contributed by atoms with Gasteiger partial charge in [0.05, 0.1) is 32.4 Å². The summed E-state index contributed by atoms with van der Waals surface area (Å²) in [6, 6.07) is 15.4.